The molecule has 1 radical (unpaired) electrons. The zero-order valence-corrected chi connectivity index (χ0v) is 12.1. The number of unbranched alkanes of at least 4 members (excludes halogenated alkanes) is 1. The smallest absolute Gasteiger partial charge is 0.388 e. The molecule has 1 atom stereocenters. The first-order valence-electron chi connectivity index (χ1n) is 6.62. The minimum atomic E-state index is -1.09. The fourth-order valence-corrected chi connectivity index (χ4v) is 3.76. The van der Waals surface area contributed by atoms with Gasteiger partial charge in [0.2, 0.25) is 0 Å². The van der Waals surface area contributed by atoms with Crippen LogP contribution in [0.3, 0.4) is 0 Å². The van der Waals surface area contributed by atoms with Crippen LogP contribution in [-0.4, -0.2) is 29.0 Å². The molecule has 0 fully saturated rings. The van der Waals surface area contributed by atoms with E-state index in [9.17, 15) is 0 Å². The van der Waals surface area contributed by atoms with Gasteiger partial charge in [-0.05, 0) is 39.7 Å². The van der Waals surface area contributed by atoms with Gasteiger partial charge in [-0.25, -0.2) is 0 Å². The van der Waals surface area contributed by atoms with Gasteiger partial charge in [0.1, 0.15) is 0 Å². The van der Waals surface area contributed by atoms with Crippen LogP contribution in [0.4, 0.5) is 0 Å². The lowest BCUT2D eigenvalue weighted by Gasteiger charge is -2.23. The summed E-state index contributed by atoms with van der Waals surface area (Å²) in [4.78, 5) is 0. The molecular weight excluding hydrogens is 218 g/mol. The van der Waals surface area contributed by atoms with Crippen LogP contribution in [0.1, 0.15) is 52.9 Å². The molecular formula is C12H28NO2Si. The summed E-state index contributed by atoms with van der Waals surface area (Å²) in [6, 6.07) is 0. The van der Waals surface area contributed by atoms with Crippen molar-refractivity contribution in [2.75, 3.05) is 19.8 Å². The van der Waals surface area contributed by atoms with Crippen molar-refractivity contribution in [3.63, 3.8) is 0 Å². The quantitative estimate of drug-likeness (QED) is 0.570. The molecule has 0 aliphatic heterocycles. The first kappa shape index (κ1) is 16.1. The molecule has 16 heavy (non-hydrogen) atoms. The Kier molecular flexibility index (Phi) is 11.6. The third-order valence-corrected chi connectivity index (χ3v) is 4.96. The van der Waals surface area contributed by atoms with Gasteiger partial charge in [-0.15, -0.1) is 0 Å². The van der Waals surface area contributed by atoms with Crippen LogP contribution in [0.15, 0.2) is 0 Å². The Balaban J connectivity index is 4.15. The van der Waals surface area contributed by atoms with Crippen molar-refractivity contribution in [1.82, 2.24) is 0 Å². The Morgan fingerprint density at radius 2 is 1.56 bits per heavy atom. The predicted molar refractivity (Wildman–Crippen MR) is 70.6 cm³/mol. The highest BCUT2D eigenvalue weighted by Gasteiger charge is 2.26. The fraction of sp³-hybridized carbons (Fsp3) is 1.00. The molecule has 0 amide bonds. The van der Waals surface area contributed by atoms with Gasteiger partial charge >= 0.3 is 9.28 Å². The van der Waals surface area contributed by atoms with Crippen LogP contribution >= 0.6 is 0 Å². The van der Waals surface area contributed by atoms with Gasteiger partial charge in [-0.3, -0.25) is 0 Å². The third-order valence-electron chi connectivity index (χ3n) is 2.57. The van der Waals surface area contributed by atoms with Gasteiger partial charge in [-0.2, -0.15) is 0 Å². The van der Waals surface area contributed by atoms with Gasteiger partial charge in [-0.1, -0.05) is 19.8 Å². The lowest BCUT2D eigenvalue weighted by molar-refractivity contribution is 0.199. The number of nitrogens with two attached hydrogens (primary N) is 1. The van der Waals surface area contributed by atoms with Crippen LogP contribution in [-0.2, 0) is 8.85 Å². The van der Waals surface area contributed by atoms with Crippen molar-refractivity contribution < 1.29 is 8.85 Å². The highest BCUT2D eigenvalue weighted by Crippen LogP contribution is 2.25. The van der Waals surface area contributed by atoms with Crippen LogP contribution in [0, 0.1) is 0 Å². The zero-order chi connectivity index (χ0) is 12.2. The van der Waals surface area contributed by atoms with E-state index in [1.165, 1.54) is 19.3 Å². The maximum Gasteiger partial charge on any atom is 0.388 e. The molecule has 0 saturated heterocycles. The molecule has 2 N–H and O–H groups in total. The summed E-state index contributed by atoms with van der Waals surface area (Å²) in [5, 5.41) is 0. The molecule has 0 aliphatic carbocycles. The van der Waals surface area contributed by atoms with E-state index in [4.69, 9.17) is 14.6 Å². The molecule has 0 rings (SSSR count). The van der Waals surface area contributed by atoms with Crippen molar-refractivity contribution in [2.24, 2.45) is 5.73 Å². The Bertz CT molecular complexity index is 133. The van der Waals surface area contributed by atoms with E-state index in [1.54, 1.807) is 0 Å². The molecule has 0 spiro atoms. The van der Waals surface area contributed by atoms with Crippen molar-refractivity contribution in [3.05, 3.63) is 0 Å². The first-order chi connectivity index (χ1) is 7.79. The predicted octanol–water partition coefficient (Wildman–Crippen LogP) is 2.85. The average molecular weight is 246 g/mol. The minimum absolute atomic E-state index is 0.605. The van der Waals surface area contributed by atoms with Crippen LogP contribution in [0.5, 0.6) is 0 Å². The summed E-state index contributed by atoms with van der Waals surface area (Å²) in [5.41, 5.74) is 6.19. The summed E-state index contributed by atoms with van der Waals surface area (Å²) in [6.07, 6.45) is 5.98. The lowest BCUT2D eigenvalue weighted by Crippen LogP contribution is -2.29. The number of hydrogen-bond donors (Lipinski definition) is 1. The summed E-state index contributed by atoms with van der Waals surface area (Å²) in [6.45, 7) is 8.62. The molecule has 0 aromatic heterocycles. The summed E-state index contributed by atoms with van der Waals surface area (Å²) < 4.78 is 11.6. The topological polar surface area (TPSA) is 44.5 Å². The molecule has 0 aromatic carbocycles. The van der Waals surface area contributed by atoms with Gasteiger partial charge < -0.3 is 14.6 Å². The molecule has 3 nitrogen and oxygen atoms in total. The molecule has 97 valence electrons. The van der Waals surface area contributed by atoms with Gasteiger partial charge in [0.25, 0.3) is 0 Å². The zero-order valence-electron chi connectivity index (χ0n) is 11.1. The summed E-state index contributed by atoms with van der Waals surface area (Å²) >= 11 is 0. The highest BCUT2D eigenvalue weighted by atomic mass is 28.3. The second-order valence-electron chi connectivity index (χ2n) is 3.96. The monoisotopic (exact) mass is 246 g/mol. The Hall–Kier alpha value is 0.0969. The van der Waals surface area contributed by atoms with Crippen LogP contribution < -0.4 is 5.73 Å². The van der Waals surface area contributed by atoms with E-state index in [0.29, 0.717) is 5.54 Å². The molecule has 0 aliphatic rings. The Labute approximate surface area is 103 Å². The maximum absolute atomic E-state index is 5.78. The van der Waals surface area contributed by atoms with E-state index in [0.717, 1.165) is 32.6 Å². The van der Waals surface area contributed by atoms with E-state index in [1.807, 2.05) is 13.8 Å². The second-order valence-corrected chi connectivity index (χ2v) is 5.99. The van der Waals surface area contributed by atoms with E-state index >= 15 is 0 Å². The van der Waals surface area contributed by atoms with Crippen LogP contribution in [0.25, 0.3) is 0 Å². The van der Waals surface area contributed by atoms with Crippen molar-refractivity contribution in [3.8, 4) is 0 Å². The molecule has 1 unspecified atom stereocenters. The Morgan fingerprint density at radius 1 is 1.00 bits per heavy atom. The van der Waals surface area contributed by atoms with Crippen LogP contribution in [0.2, 0.25) is 5.54 Å². The van der Waals surface area contributed by atoms with Crippen molar-refractivity contribution in [2.45, 2.75) is 58.4 Å². The lowest BCUT2D eigenvalue weighted by atomic mass is 10.1. The van der Waals surface area contributed by atoms with Gasteiger partial charge in [0.05, 0.1) is 0 Å². The molecule has 4 heteroatoms. The molecule has 0 bridgehead atoms. The minimum Gasteiger partial charge on any atom is -0.393 e. The van der Waals surface area contributed by atoms with E-state index in [-0.39, 0.29) is 0 Å². The third kappa shape index (κ3) is 7.38. The summed E-state index contributed by atoms with van der Waals surface area (Å²) in [5.74, 6) is 0. The standard InChI is InChI=1S/C12H28NO2Si/c1-4-7-9-12(10-8-11-13)16(14-5-2)15-6-3/h12H,4-11,13H2,1-3H3. The number of hydrogen-bond acceptors (Lipinski definition) is 3. The Morgan fingerprint density at radius 3 is 2.00 bits per heavy atom. The molecule has 0 aromatic rings. The SMILES string of the molecule is CCCCC(CCCN)[Si](OCC)OCC. The first-order valence-corrected chi connectivity index (χ1v) is 8.01. The molecule has 0 heterocycles. The highest BCUT2D eigenvalue weighted by molar-refractivity contribution is 6.46. The maximum atomic E-state index is 5.78. The van der Waals surface area contributed by atoms with Crippen molar-refractivity contribution in [1.29, 1.82) is 0 Å². The van der Waals surface area contributed by atoms with E-state index < -0.39 is 9.28 Å². The van der Waals surface area contributed by atoms with Gasteiger partial charge in [0.15, 0.2) is 0 Å². The second kappa shape index (κ2) is 11.6. The average Bonchev–Trinajstić information content (AvgIpc) is 2.29. The normalized spacial score (nSPS) is 13.3. The van der Waals surface area contributed by atoms with E-state index in [2.05, 4.69) is 6.92 Å². The largest absolute Gasteiger partial charge is 0.393 e. The summed E-state index contributed by atoms with van der Waals surface area (Å²) in [7, 11) is -1.09. The van der Waals surface area contributed by atoms with Gasteiger partial charge in [0, 0.05) is 18.8 Å². The van der Waals surface area contributed by atoms with Crippen molar-refractivity contribution >= 4 is 9.28 Å². The number of rotatable bonds is 11. The molecule has 0 saturated carbocycles. The fourth-order valence-electron chi connectivity index (χ4n) is 1.76.